The fourth-order valence-corrected chi connectivity index (χ4v) is 2.08. The molecule has 0 fully saturated rings. The van der Waals surface area contributed by atoms with Crippen LogP contribution in [0.5, 0.6) is 5.75 Å². The standard InChI is InChI=1S/C18H18ClNO3/c1-13(21)2-3-14-4-10-17(11-5-14)23-12-18(22)20-16-8-6-15(19)7-9-16/h4-11H,2-3,12H2,1H3,(H,20,22). The van der Waals surface area contributed by atoms with E-state index in [0.717, 1.165) is 5.56 Å². The van der Waals surface area contributed by atoms with Crippen molar-refractivity contribution < 1.29 is 14.3 Å². The summed E-state index contributed by atoms with van der Waals surface area (Å²) in [6.45, 7) is 1.51. The van der Waals surface area contributed by atoms with Crippen molar-refractivity contribution in [3.05, 3.63) is 59.1 Å². The van der Waals surface area contributed by atoms with Gasteiger partial charge in [0.15, 0.2) is 6.61 Å². The van der Waals surface area contributed by atoms with Crippen molar-refractivity contribution in [2.75, 3.05) is 11.9 Å². The number of halogens is 1. The molecule has 0 bridgehead atoms. The molecule has 2 aromatic carbocycles. The molecule has 0 saturated heterocycles. The second-order valence-electron chi connectivity index (χ2n) is 5.19. The Morgan fingerprint density at radius 1 is 1.04 bits per heavy atom. The number of carbonyl (C=O) groups excluding carboxylic acids is 2. The van der Waals surface area contributed by atoms with Crippen molar-refractivity contribution in [3.63, 3.8) is 0 Å². The number of Topliss-reactive ketones (excluding diaryl/α,β-unsaturated/α-hetero) is 1. The van der Waals surface area contributed by atoms with Gasteiger partial charge < -0.3 is 14.8 Å². The molecule has 1 amide bonds. The van der Waals surface area contributed by atoms with Crippen LogP contribution in [-0.2, 0) is 16.0 Å². The third-order valence-corrected chi connectivity index (χ3v) is 3.44. The molecule has 0 radical (unpaired) electrons. The van der Waals surface area contributed by atoms with Crippen LogP contribution in [0.1, 0.15) is 18.9 Å². The predicted octanol–water partition coefficient (Wildman–Crippen LogP) is 3.88. The molecular formula is C18H18ClNO3. The molecule has 120 valence electrons. The van der Waals surface area contributed by atoms with Crippen molar-refractivity contribution in [1.82, 2.24) is 0 Å². The Balaban J connectivity index is 1.79. The largest absolute Gasteiger partial charge is 0.484 e. The lowest BCUT2D eigenvalue weighted by Crippen LogP contribution is -2.20. The molecule has 1 N–H and O–H groups in total. The van der Waals surface area contributed by atoms with Crippen molar-refractivity contribution in [2.24, 2.45) is 0 Å². The average Bonchev–Trinajstić information content (AvgIpc) is 2.54. The zero-order valence-corrected chi connectivity index (χ0v) is 13.6. The van der Waals surface area contributed by atoms with Crippen LogP contribution in [-0.4, -0.2) is 18.3 Å². The van der Waals surface area contributed by atoms with E-state index in [4.69, 9.17) is 16.3 Å². The third kappa shape index (κ3) is 6.12. The van der Waals surface area contributed by atoms with Crippen LogP contribution >= 0.6 is 11.6 Å². The van der Waals surface area contributed by atoms with Crippen LogP contribution in [0.25, 0.3) is 0 Å². The van der Waals surface area contributed by atoms with Gasteiger partial charge in [-0.1, -0.05) is 23.7 Å². The summed E-state index contributed by atoms with van der Waals surface area (Å²) < 4.78 is 5.44. The van der Waals surface area contributed by atoms with Gasteiger partial charge in [-0.15, -0.1) is 0 Å². The fourth-order valence-electron chi connectivity index (χ4n) is 1.95. The van der Waals surface area contributed by atoms with E-state index in [1.807, 2.05) is 12.1 Å². The monoisotopic (exact) mass is 331 g/mol. The van der Waals surface area contributed by atoms with Gasteiger partial charge in [-0.25, -0.2) is 0 Å². The maximum absolute atomic E-state index is 11.8. The number of ketones is 1. The van der Waals surface area contributed by atoms with Crippen LogP contribution in [0.2, 0.25) is 5.02 Å². The zero-order valence-electron chi connectivity index (χ0n) is 12.8. The zero-order chi connectivity index (χ0) is 16.7. The molecule has 0 saturated carbocycles. The van der Waals surface area contributed by atoms with E-state index < -0.39 is 0 Å². The molecule has 0 heterocycles. The van der Waals surface area contributed by atoms with Gasteiger partial charge in [-0.05, 0) is 55.3 Å². The average molecular weight is 332 g/mol. The number of benzene rings is 2. The van der Waals surface area contributed by atoms with E-state index in [1.54, 1.807) is 43.3 Å². The molecule has 0 aliphatic rings. The SMILES string of the molecule is CC(=O)CCc1ccc(OCC(=O)Nc2ccc(Cl)cc2)cc1. The first-order valence-corrected chi connectivity index (χ1v) is 7.67. The third-order valence-electron chi connectivity index (χ3n) is 3.19. The van der Waals surface area contributed by atoms with Gasteiger partial charge >= 0.3 is 0 Å². The molecule has 0 atom stereocenters. The van der Waals surface area contributed by atoms with Gasteiger partial charge in [-0.3, -0.25) is 4.79 Å². The van der Waals surface area contributed by atoms with E-state index in [2.05, 4.69) is 5.32 Å². The Kier molecular flexibility index (Phi) is 6.18. The maximum atomic E-state index is 11.8. The molecule has 23 heavy (non-hydrogen) atoms. The number of ether oxygens (including phenoxy) is 1. The Morgan fingerprint density at radius 3 is 2.30 bits per heavy atom. The highest BCUT2D eigenvalue weighted by Crippen LogP contribution is 2.15. The number of anilines is 1. The molecule has 0 spiro atoms. The highest BCUT2D eigenvalue weighted by Gasteiger charge is 2.04. The van der Waals surface area contributed by atoms with Crippen molar-refractivity contribution in [2.45, 2.75) is 19.8 Å². The molecule has 0 unspecified atom stereocenters. The second-order valence-corrected chi connectivity index (χ2v) is 5.63. The number of hydrogen-bond acceptors (Lipinski definition) is 3. The summed E-state index contributed by atoms with van der Waals surface area (Å²) >= 11 is 5.79. The molecule has 0 aromatic heterocycles. The number of hydrogen-bond donors (Lipinski definition) is 1. The molecule has 4 nitrogen and oxygen atoms in total. The summed E-state index contributed by atoms with van der Waals surface area (Å²) in [6.07, 6.45) is 1.25. The topological polar surface area (TPSA) is 55.4 Å². The van der Waals surface area contributed by atoms with E-state index >= 15 is 0 Å². The highest BCUT2D eigenvalue weighted by atomic mass is 35.5. The van der Waals surface area contributed by atoms with E-state index in [1.165, 1.54) is 0 Å². The summed E-state index contributed by atoms with van der Waals surface area (Å²) in [7, 11) is 0. The van der Waals surface area contributed by atoms with Crippen molar-refractivity contribution in [1.29, 1.82) is 0 Å². The smallest absolute Gasteiger partial charge is 0.262 e. The Bertz CT molecular complexity index is 666. The van der Waals surface area contributed by atoms with Crippen LogP contribution in [0.3, 0.4) is 0 Å². The van der Waals surface area contributed by atoms with Gasteiger partial charge in [-0.2, -0.15) is 0 Å². The van der Waals surface area contributed by atoms with Crippen LogP contribution in [0.4, 0.5) is 5.69 Å². The fraction of sp³-hybridized carbons (Fsp3) is 0.222. The normalized spacial score (nSPS) is 10.2. The van der Waals surface area contributed by atoms with Gasteiger partial charge in [0, 0.05) is 17.1 Å². The first-order valence-electron chi connectivity index (χ1n) is 7.29. The van der Waals surface area contributed by atoms with Gasteiger partial charge in [0.05, 0.1) is 0 Å². The molecule has 2 rings (SSSR count). The lowest BCUT2D eigenvalue weighted by Gasteiger charge is -2.08. The minimum Gasteiger partial charge on any atom is -0.484 e. The predicted molar refractivity (Wildman–Crippen MR) is 91.0 cm³/mol. The number of rotatable bonds is 7. The number of carbonyl (C=O) groups is 2. The van der Waals surface area contributed by atoms with E-state index in [9.17, 15) is 9.59 Å². The summed E-state index contributed by atoms with van der Waals surface area (Å²) in [5, 5.41) is 3.34. The summed E-state index contributed by atoms with van der Waals surface area (Å²) in [6, 6.07) is 14.3. The number of nitrogens with one attached hydrogen (secondary N) is 1. The molecule has 2 aromatic rings. The van der Waals surface area contributed by atoms with E-state index in [-0.39, 0.29) is 18.3 Å². The summed E-state index contributed by atoms with van der Waals surface area (Å²) in [5.74, 6) is 0.542. The van der Waals surface area contributed by atoms with Gasteiger partial charge in [0.2, 0.25) is 0 Å². The highest BCUT2D eigenvalue weighted by molar-refractivity contribution is 6.30. The summed E-state index contributed by atoms with van der Waals surface area (Å²) in [5.41, 5.74) is 1.74. The van der Waals surface area contributed by atoms with Crippen molar-refractivity contribution in [3.8, 4) is 5.75 Å². The Morgan fingerprint density at radius 2 is 1.70 bits per heavy atom. The minimum absolute atomic E-state index is 0.0740. The van der Waals surface area contributed by atoms with Gasteiger partial charge in [0.25, 0.3) is 5.91 Å². The maximum Gasteiger partial charge on any atom is 0.262 e. The van der Waals surface area contributed by atoms with Gasteiger partial charge in [0.1, 0.15) is 11.5 Å². The Hall–Kier alpha value is -2.33. The molecule has 0 aliphatic heterocycles. The first-order chi connectivity index (χ1) is 11.0. The quantitative estimate of drug-likeness (QED) is 0.837. The number of aryl methyl sites for hydroxylation is 1. The summed E-state index contributed by atoms with van der Waals surface area (Å²) in [4.78, 5) is 22.8. The van der Waals surface area contributed by atoms with Crippen LogP contribution in [0.15, 0.2) is 48.5 Å². The van der Waals surface area contributed by atoms with E-state index in [0.29, 0.717) is 29.3 Å². The van der Waals surface area contributed by atoms with Crippen molar-refractivity contribution >= 4 is 29.0 Å². The lowest BCUT2D eigenvalue weighted by molar-refractivity contribution is -0.118. The molecule has 5 heteroatoms. The molecular weight excluding hydrogens is 314 g/mol. The number of amides is 1. The lowest BCUT2D eigenvalue weighted by atomic mass is 10.1. The first kappa shape index (κ1) is 17.0. The Labute approximate surface area is 140 Å². The molecule has 0 aliphatic carbocycles. The minimum atomic E-state index is -0.243. The van der Waals surface area contributed by atoms with Crippen LogP contribution < -0.4 is 10.1 Å². The van der Waals surface area contributed by atoms with Crippen LogP contribution in [0, 0.1) is 0 Å². The second kappa shape index (κ2) is 8.34.